The van der Waals surface area contributed by atoms with Gasteiger partial charge in [-0.1, -0.05) is 5.04 Å². The molecule has 0 saturated carbocycles. The summed E-state index contributed by atoms with van der Waals surface area (Å²) in [5, 5.41) is 38.1. The number of aliphatic hydroxyl groups excluding tert-OH is 4. The van der Waals surface area contributed by atoms with Gasteiger partial charge in [0, 0.05) is 0 Å². The molecule has 16 heavy (non-hydrogen) atoms. The standard InChI is InChI=1S/C5H12O4.C4H10O3/c6-1-5(2-7,3-8)4-9;1-3-5-7-6-4-2/h6-9H,1-4H2;3-4H2,1-2H3. The van der Waals surface area contributed by atoms with Crippen LogP contribution in [0.5, 0.6) is 0 Å². The third-order valence-electron chi connectivity index (χ3n) is 1.67. The maximum absolute atomic E-state index is 8.50. The van der Waals surface area contributed by atoms with Crippen LogP contribution in [0.4, 0.5) is 0 Å². The number of hydrogen-bond acceptors (Lipinski definition) is 7. The van der Waals surface area contributed by atoms with Crippen molar-refractivity contribution in [1.82, 2.24) is 0 Å². The SMILES string of the molecule is CCOOOCC.OCC(CO)(CO)CO. The number of rotatable bonds is 8. The minimum absolute atomic E-state index is 0.406. The zero-order valence-electron chi connectivity index (χ0n) is 9.76. The lowest BCUT2D eigenvalue weighted by atomic mass is 9.93. The molecule has 0 spiro atoms. The topological polar surface area (TPSA) is 109 Å². The molecule has 0 rings (SSSR count). The minimum Gasteiger partial charge on any atom is -0.396 e. The molecule has 0 saturated heterocycles. The Labute approximate surface area is 95.0 Å². The summed E-state index contributed by atoms with van der Waals surface area (Å²) in [4.78, 5) is 8.70. The van der Waals surface area contributed by atoms with E-state index in [1.807, 2.05) is 13.8 Å². The van der Waals surface area contributed by atoms with Crippen LogP contribution < -0.4 is 0 Å². The van der Waals surface area contributed by atoms with Crippen LogP contribution in [0.15, 0.2) is 0 Å². The van der Waals surface area contributed by atoms with Crippen LogP contribution in [-0.4, -0.2) is 60.1 Å². The van der Waals surface area contributed by atoms with Crippen molar-refractivity contribution < 1.29 is 35.2 Å². The van der Waals surface area contributed by atoms with Gasteiger partial charge in [-0.2, -0.15) is 0 Å². The van der Waals surface area contributed by atoms with Crippen molar-refractivity contribution in [2.45, 2.75) is 13.8 Å². The van der Waals surface area contributed by atoms with Crippen molar-refractivity contribution in [3.05, 3.63) is 0 Å². The molecule has 0 aromatic rings. The lowest BCUT2D eigenvalue weighted by molar-refractivity contribution is -0.509. The summed E-state index contributed by atoms with van der Waals surface area (Å²) in [6, 6.07) is 0. The average Bonchev–Trinajstić information content (AvgIpc) is 2.34. The molecule has 100 valence electrons. The van der Waals surface area contributed by atoms with Gasteiger partial charge in [-0.25, -0.2) is 9.78 Å². The first-order valence-corrected chi connectivity index (χ1v) is 5.00. The van der Waals surface area contributed by atoms with Crippen LogP contribution in [-0.2, 0) is 14.8 Å². The molecule has 0 amide bonds. The van der Waals surface area contributed by atoms with Crippen LogP contribution in [0, 0.1) is 5.41 Å². The van der Waals surface area contributed by atoms with Crippen molar-refractivity contribution in [3.8, 4) is 0 Å². The molecule has 0 aliphatic rings. The number of aliphatic hydroxyl groups is 4. The van der Waals surface area contributed by atoms with E-state index in [0.29, 0.717) is 13.2 Å². The molecule has 0 bridgehead atoms. The second-order valence-electron chi connectivity index (χ2n) is 3.01. The minimum atomic E-state index is -1.11. The Morgan fingerprint density at radius 3 is 1.19 bits per heavy atom. The smallest absolute Gasteiger partial charge is 0.0825 e. The van der Waals surface area contributed by atoms with Crippen molar-refractivity contribution >= 4 is 0 Å². The molecule has 4 N–H and O–H groups in total. The Morgan fingerprint density at radius 1 is 0.750 bits per heavy atom. The molecule has 0 unspecified atom stereocenters. The predicted octanol–water partition coefficient (Wildman–Crippen LogP) is -1.15. The molecule has 0 aliphatic heterocycles. The van der Waals surface area contributed by atoms with Gasteiger partial charge in [0.15, 0.2) is 0 Å². The highest BCUT2D eigenvalue weighted by molar-refractivity contribution is 4.74. The molecule has 0 radical (unpaired) electrons. The van der Waals surface area contributed by atoms with E-state index in [1.54, 1.807) is 0 Å². The quantitative estimate of drug-likeness (QED) is 0.242. The highest BCUT2D eigenvalue weighted by atomic mass is 17.5. The van der Waals surface area contributed by atoms with E-state index in [9.17, 15) is 0 Å². The van der Waals surface area contributed by atoms with Crippen LogP contribution >= 0.6 is 0 Å². The first-order valence-electron chi connectivity index (χ1n) is 5.00. The Kier molecular flexibility index (Phi) is 14.5. The molecule has 0 fully saturated rings. The first kappa shape index (κ1) is 18.1. The zero-order chi connectivity index (χ0) is 12.9. The summed E-state index contributed by atoms with van der Waals surface area (Å²) in [5.74, 6) is 0. The van der Waals surface area contributed by atoms with Gasteiger partial charge in [0.1, 0.15) is 0 Å². The van der Waals surface area contributed by atoms with Gasteiger partial charge in [-0.05, 0) is 13.8 Å². The van der Waals surface area contributed by atoms with Crippen molar-refractivity contribution in [2.24, 2.45) is 5.41 Å². The van der Waals surface area contributed by atoms with E-state index in [1.165, 1.54) is 0 Å². The maximum atomic E-state index is 8.50. The third-order valence-corrected chi connectivity index (χ3v) is 1.67. The molecular formula is C9H22O7. The fraction of sp³-hybridized carbons (Fsp3) is 1.00. The molecule has 7 heteroatoms. The summed E-state index contributed by atoms with van der Waals surface area (Å²) in [6.45, 7) is 3.04. The summed E-state index contributed by atoms with van der Waals surface area (Å²) in [5.41, 5.74) is -1.11. The lowest BCUT2D eigenvalue weighted by Crippen LogP contribution is -2.37. The summed E-state index contributed by atoms with van der Waals surface area (Å²) < 4.78 is 0. The molecule has 0 aliphatic carbocycles. The Bertz CT molecular complexity index is 106. The van der Waals surface area contributed by atoms with Crippen LogP contribution in [0.3, 0.4) is 0 Å². The molecular weight excluding hydrogens is 220 g/mol. The van der Waals surface area contributed by atoms with Crippen molar-refractivity contribution in [2.75, 3.05) is 39.6 Å². The predicted molar refractivity (Wildman–Crippen MR) is 55.1 cm³/mol. The molecule has 0 heterocycles. The van der Waals surface area contributed by atoms with E-state index >= 15 is 0 Å². The first-order chi connectivity index (χ1) is 7.66. The second-order valence-corrected chi connectivity index (χ2v) is 3.01. The summed E-state index contributed by atoms with van der Waals surface area (Å²) in [7, 11) is 0. The van der Waals surface area contributed by atoms with Gasteiger partial charge < -0.3 is 20.4 Å². The Morgan fingerprint density at radius 2 is 1.06 bits per heavy atom. The highest BCUT2D eigenvalue weighted by Gasteiger charge is 2.26. The number of hydrogen-bond donors (Lipinski definition) is 4. The van der Waals surface area contributed by atoms with Gasteiger partial charge in [0.05, 0.1) is 45.1 Å². The van der Waals surface area contributed by atoms with E-state index in [4.69, 9.17) is 20.4 Å². The zero-order valence-corrected chi connectivity index (χ0v) is 9.76. The van der Waals surface area contributed by atoms with E-state index in [0.717, 1.165) is 0 Å². The van der Waals surface area contributed by atoms with E-state index in [2.05, 4.69) is 14.8 Å². The normalized spacial score (nSPS) is 10.9. The lowest BCUT2D eigenvalue weighted by Gasteiger charge is -2.23. The molecule has 0 aromatic carbocycles. The van der Waals surface area contributed by atoms with Gasteiger partial charge in [0.2, 0.25) is 0 Å². The molecule has 0 atom stereocenters. The average molecular weight is 242 g/mol. The van der Waals surface area contributed by atoms with E-state index < -0.39 is 31.8 Å². The largest absolute Gasteiger partial charge is 0.396 e. The van der Waals surface area contributed by atoms with Crippen molar-refractivity contribution in [1.29, 1.82) is 0 Å². The monoisotopic (exact) mass is 242 g/mol. The van der Waals surface area contributed by atoms with Crippen LogP contribution in [0.1, 0.15) is 13.8 Å². The van der Waals surface area contributed by atoms with Gasteiger partial charge in [0.25, 0.3) is 0 Å². The van der Waals surface area contributed by atoms with E-state index in [-0.39, 0.29) is 0 Å². The third kappa shape index (κ3) is 8.98. The fourth-order valence-electron chi connectivity index (χ4n) is 0.430. The van der Waals surface area contributed by atoms with Gasteiger partial charge in [-0.3, -0.25) is 0 Å². The Hall–Kier alpha value is -0.280. The van der Waals surface area contributed by atoms with Gasteiger partial charge >= 0.3 is 0 Å². The Balaban J connectivity index is 0. The fourth-order valence-corrected chi connectivity index (χ4v) is 0.430. The maximum Gasteiger partial charge on any atom is 0.0825 e. The van der Waals surface area contributed by atoms with Crippen LogP contribution in [0.25, 0.3) is 0 Å². The molecule has 0 aromatic heterocycles. The van der Waals surface area contributed by atoms with Crippen LogP contribution in [0.2, 0.25) is 0 Å². The molecule has 7 nitrogen and oxygen atoms in total. The van der Waals surface area contributed by atoms with Gasteiger partial charge in [-0.15, -0.1) is 0 Å². The summed E-state index contributed by atoms with van der Waals surface area (Å²) in [6.07, 6.45) is 0. The highest BCUT2D eigenvalue weighted by Crippen LogP contribution is 2.11. The second kappa shape index (κ2) is 12.8. The summed E-state index contributed by atoms with van der Waals surface area (Å²) >= 11 is 0. The van der Waals surface area contributed by atoms with Crippen molar-refractivity contribution in [3.63, 3.8) is 0 Å².